The summed E-state index contributed by atoms with van der Waals surface area (Å²) in [6.07, 6.45) is 0.665. The molecule has 1 heterocycles. The Kier molecular flexibility index (Phi) is 8.86. The van der Waals surface area contributed by atoms with Gasteiger partial charge in [-0.05, 0) is 81.4 Å². The smallest absolute Gasteiger partial charge is 0.295 e. The predicted molar refractivity (Wildman–Crippen MR) is 140 cm³/mol. The molecule has 1 fully saturated rings. The molecule has 1 aliphatic heterocycles. The molecule has 0 saturated carbocycles. The van der Waals surface area contributed by atoms with Gasteiger partial charge in [-0.25, -0.2) is 0 Å². The van der Waals surface area contributed by atoms with Gasteiger partial charge >= 0.3 is 0 Å². The Balaban J connectivity index is 2.08. The number of amides is 1. The van der Waals surface area contributed by atoms with Crippen molar-refractivity contribution in [3.63, 3.8) is 0 Å². The molecule has 1 aliphatic rings. The monoisotopic (exact) mass is 518 g/mol. The summed E-state index contributed by atoms with van der Waals surface area (Å²) in [5.74, 6) is -0.530. The van der Waals surface area contributed by atoms with E-state index in [0.29, 0.717) is 52.4 Å². The van der Waals surface area contributed by atoms with E-state index in [1.165, 1.54) is 4.90 Å². The minimum absolute atomic E-state index is 0.0391. The lowest BCUT2D eigenvalue weighted by Crippen LogP contribution is -2.32. The summed E-state index contributed by atoms with van der Waals surface area (Å²) in [6.45, 7) is 7.62. The van der Waals surface area contributed by atoms with E-state index in [4.69, 9.17) is 27.9 Å². The molecule has 188 valence electrons. The van der Waals surface area contributed by atoms with Gasteiger partial charge in [0.15, 0.2) is 0 Å². The zero-order valence-corrected chi connectivity index (χ0v) is 22.3. The third kappa shape index (κ3) is 6.18. The Hall–Kier alpha value is -2.54. The van der Waals surface area contributed by atoms with Crippen molar-refractivity contribution < 1.29 is 19.4 Å². The van der Waals surface area contributed by atoms with E-state index in [1.807, 2.05) is 32.0 Å². The summed E-state index contributed by atoms with van der Waals surface area (Å²) < 4.78 is 5.78. The van der Waals surface area contributed by atoms with Gasteiger partial charge in [0.25, 0.3) is 11.7 Å². The number of ether oxygens (including phenoxy) is 1. The Bertz CT molecular complexity index is 1140. The fourth-order valence-corrected chi connectivity index (χ4v) is 4.40. The van der Waals surface area contributed by atoms with Crippen LogP contribution in [0.1, 0.15) is 43.0 Å². The Morgan fingerprint density at radius 2 is 1.83 bits per heavy atom. The van der Waals surface area contributed by atoms with E-state index in [0.717, 1.165) is 12.1 Å². The number of nitrogens with zero attached hydrogens (tertiary/aromatic N) is 2. The number of aryl methyl sites for hydroxylation is 1. The highest BCUT2D eigenvalue weighted by Crippen LogP contribution is 2.41. The first-order chi connectivity index (χ1) is 16.5. The number of aliphatic hydroxyl groups excluding tert-OH is 1. The predicted octanol–water partition coefficient (Wildman–Crippen LogP) is 5.71. The van der Waals surface area contributed by atoms with Crippen LogP contribution in [0.4, 0.5) is 0 Å². The zero-order valence-electron chi connectivity index (χ0n) is 20.8. The lowest BCUT2D eigenvalue weighted by atomic mass is 9.94. The quantitative estimate of drug-likeness (QED) is 0.261. The van der Waals surface area contributed by atoms with Crippen molar-refractivity contribution in [2.24, 2.45) is 5.92 Å². The number of carbonyl (C=O) groups excluding carboxylic acids is 2. The molecule has 1 N–H and O–H groups in total. The number of ketones is 1. The van der Waals surface area contributed by atoms with Crippen LogP contribution in [-0.4, -0.2) is 60.4 Å². The molecular weight excluding hydrogens is 487 g/mol. The zero-order chi connectivity index (χ0) is 25.9. The van der Waals surface area contributed by atoms with Crippen LogP contribution in [0.2, 0.25) is 10.0 Å². The standard InChI is InChI=1S/C27H32Cl2N2O4/c1-16(2)15-35-19-8-9-20(17(3)13-19)25(32)23-24(18-7-10-21(28)22(29)14-18)31(27(34)26(23)33)12-6-11-30(4)5/h7-10,13-14,16,24,32H,6,11-12,15H2,1-5H3/b25-23+. The fourth-order valence-electron chi connectivity index (χ4n) is 4.10. The minimum Gasteiger partial charge on any atom is -0.507 e. The summed E-state index contributed by atoms with van der Waals surface area (Å²) >= 11 is 12.4. The number of rotatable bonds is 9. The number of halogens is 2. The van der Waals surface area contributed by atoms with Crippen LogP contribution in [0.15, 0.2) is 42.0 Å². The van der Waals surface area contributed by atoms with Gasteiger partial charge in [-0.3, -0.25) is 9.59 Å². The Labute approximate surface area is 217 Å². The molecule has 1 unspecified atom stereocenters. The normalized spacial score (nSPS) is 17.6. The van der Waals surface area contributed by atoms with Crippen molar-refractivity contribution in [3.05, 3.63) is 68.7 Å². The maximum atomic E-state index is 13.2. The largest absolute Gasteiger partial charge is 0.507 e. The first-order valence-corrected chi connectivity index (χ1v) is 12.4. The molecular formula is C27H32Cl2N2O4. The minimum atomic E-state index is -0.775. The summed E-state index contributed by atoms with van der Waals surface area (Å²) in [7, 11) is 3.89. The van der Waals surface area contributed by atoms with Gasteiger partial charge in [-0.2, -0.15) is 0 Å². The van der Waals surface area contributed by atoms with Crippen molar-refractivity contribution in [1.29, 1.82) is 0 Å². The van der Waals surface area contributed by atoms with Gasteiger partial charge in [0, 0.05) is 12.1 Å². The molecule has 0 aromatic heterocycles. The average Bonchev–Trinajstić information content (AvgIpc) is 3.04. The molecule has 35 heavy (non-hydrogen) atoms. The maximum absolute atomic E-state index is 13.2. The van der Waals surface area contributed by atoms with Crippen molar-refractivity contribution in [1.82, 2.24) is 9.80 Å². The van der Waals surface area contributed by atoms with Crippen molar-refractivity contribution >= 4 is 40.7 Å². The molecule has 1 amide bonds. The van der Waals surface area contributed by atoms with Crippen LogP contribution < -0.4 is 4.74 Å². The Morgan fingerprint density at radius 1 is 1.11 bits per heavy atom. The molecule has 0 bridgehead atoms. The maximum Gasteiger partial charge on any atom is 0.295 e. The second-order valence-electron chi connectivity index (χ2n) is 9.50. The van der Waals surface area contributed by atoms with Crippen LogP contribution >= 0.6 is 23.2 Å². The van der Waals surface area contributed by atoms with Gasteiger partial charge in [0.2, 0.25) is 0 Å². The summed E-state index contributed by atoms with van der Waals surface area (Å²) in [6, 6.07) is 9.51. The molecule has 3 rings (SSSR count). The van der Waals surface area contributed by atoms with Gasteiger partial charge in [-0.15, -0.1) is 0 Å². The number of Topliss-reactive ketones (excluding diaryl/α,β-unsaturated/α-hetero) is 1. The lowest BCUT2D eigenvalue weighted by molar-refractivity contribution is -0.139. The number of benzene rings is 2. The van der Waals surface area contributed by atoms with E-state index in [1.54, 1.807) is 30.3 Å². The van der Waals surface area contributed by atoms with Gasteiger partial charge in [0.1, 0.15) is 11.5 Å². The van der Waals surface area contributed by atoms with E-state index in [-0.39, 0.29) is 11.3 Å². The van der Waals surface area contributed by atoms with Crippen molar-refractivity contribution in [2.45, 2.75) is 33.2 Å². The van der Waals surface area contributed by atoms with E-state index >= 15 is 0 Å². The van der Waals surface area contributed by atoms with E-state index < -0.39 is 17.7 Å². The van der Waals surface area contributed by atoms with Gasteiger partial charge < -0.3 is 19.6 Å². The van der Waals surface area contributed by atoms with Crippen molar-refractivity contribution in [3.8, 4) is 5.75 Å². The fraction of sp³-hybridized carbons (Fsp3) is 0.407. The topological polar surface area (TPSA) is 70.1 Å². The lowest BCUT2D eigenvalue weighted by Gasteiger charge is -2.26. The highest BCUT2D eigenvalue weighted by Gasteiger charge is 2.46. The summed E-state index contributed by atoms with van der Waals surface area (Å²) in [5, 5.41) is 12.0. The first kappa shape index (κ1) is 27.1. The molecule has 1 saturated heterocycles. The molecule has 1 atom stereocenters. The number of carbonyl (C=O) groups is 2. The van der Waals surface area contributed by atoms with Gasteiger partial charge in [0.05, 0.1) is 28.3 Å². The molecule has 0 spiro atoms. The molecule has 0 aliphatic carbocycles. The van der Waals surface area contributed by atoms with Gasteiger partial charge in [-0.1, -0.05) is 43.1 Å². The average molecular weight is 519 g/mol. The Morgan fingerprint density at radius 3 is 2.43 bits per heavy atom. The third-order valence-corrected chi connectivity index (χ3v) is 6.58. The highest BCUT2D eigenvalue weighted by atomic mass is 35.5. The second-order valence-corrected chi connectivity index (χ2v) is 10.3. The van der Waals surface area contributed by atoms with Crippen LogP contribution in [0, 0.1) is 12.8 Å². The van der Waals surface area contributed by atoms with Crippen LogP contribution in [0.25, 0.3) is 5.76 Å². The molecule has 2 aromatic carbocycles. The molecule has 0 radical (unpaired) electrons. The molecule has 6 nitrogen and oxygen atoms in total. The van der Waals surface area contributed by atoms with Crippen LogP contribution in [-0.2, 0) is 9.59 Å². The molecule has 2 aromatic rings. The number of hydrogen-bond donors (Lipinski definition) is 1. The van der Waals surface area contributed by atoms with E-state index in [9.17, 15) is 14.7 Å². The second kappa shape index (κ2) is 11.5. The number of aliphatic hydroxyl groups is 1. The highest BCUT2D eigenvalue weighted by molar-refractivity contribution is 6.47. The van der Waals surface area contributed by atoms with Crippen LogP contribution in [0.3, 0.4) is 0 Å². The third-order valence-electron chi connectivity index (χ3n) is 5.84. The molecule has 8 heteroatoms. The summed E-state index contributed by atoms with van der Waals surface area (Å²) in [4.78, 5) is 29.8. The van der Waals surface area contributed by atoms with E-state index in [2.05, 4.69) is 13.8 Å². The SMILES string of the molecule is Cc1cc(OCC(C)C)ccc1/C(O)=C1\C(=O)C(=O)N(CCCN(C)C)C1c1ccc(Cl)c(Cl)c1. The first-order valence-electron chi connectivity index (χ1n) is 11.6. The summed E-state index contributed by atoms with van der Waals surface area (Å²) in [5.41, 5.74) is 1.85. The van der Waals surface area contributed by atoms with Crippen LogP contribution in [0.5, 0.6) is 5.75 Å². The number of likely N-dealkylation sites (tertiary alicyclic amines) is 1. The number of hydrogen-bond acceptors (Lipinski definition) is 5. The van der Waals surface area contributed by atoms with Crippen molar-refractivity contribution in [2.75, 3.05) is 33.8 Å².